The maximum atomic E-state index is 13.7. The van der Waals surface area contributed by atoms with E-state index in [-0.39, 0.29) is 23.5 Å². The first-order valence-corrected chi connectivity index (χ1v) is 15.7. The Kier molecular flexibility index (Phi) is 10.4. The fraction of sp³-hybridized carbons (Fsp3) is 0.444. The number of aromatic nitrogens is 2. The Labute approximate surface area is 272 Å². The number of benzene rings is 1. The van der Waals surface area contributed by atoms with Crippen LogP contribution >= 0.6 is 11.6 Å². The van der Waals surface area contributed by atoms with E-state index in [1.807, 2.05) is 68.1 Å². The van der Waals surface area contributed by atoms with E-state index in [0.29, 0.717) is 42.2 Å². The van der Waals surface area contributed by atoms with Crippen molar-refractivity contribution in [3.05, 3.63) is 107 Å². The molecule has 1 aromatic carbocycles. The average molecular weight is 633 g/mol. The van der Waals surface area contributed by atoms with Gasteiger partial charge < -0.3 is 19.6 Å². The molecule has 1 atom stereocenters. The summed E-state index contributed by atoms with van der Waals surface area (Å²) < 4.78 is 5.89. The lowest BCUT2D eigenvalue weighted by molar-refractivity contribution is 0.0139. The molecule has 1 N–H and O–H groups in total. The number of carbonyl (C=O) groups excluding carboxylic acids is 2. The molecule has 1 saturated carbocycles. The maximum absolute atomic E-state index is 13.7. The zero-order chi connectivity index (χ0) is 33.0. The Morgan fingerprint density at radius 1 is 1.07 bits per heavy atom. The molecule has 2 aromatic heterocycles. The van der Waals surface area contributed by atoms with Crippen LogP contribution in [0.1, 0.15) is 86.5 Å². The van der Waals surface area contributed by atoms with Gasteiger partial charge in [0, 0.05) is 61.3 Å². The van der Waals surface area contributed by atoms with Crippen LogP contribution in [0.4, 0.5) is 4.79 Å². The number of rotatable bonds is 12. The molecule has 2 heterocycles. The van der Waals surface area contributed by atoms with Crippen molar-refractivity contribution in [1.82, 2.24) is 19.8 Å². The highest BCUT2D eigenvalue weighted by Crippen LogP contribution is 2.49. The molecule has 1 fully saturated rings. The lowest BCUT2D eigenvalue weighted by Crippen LogP contribution is -2.47. The molecule has 9 heteroatoms. The summed E-state index contributed by atoms with van der Waals surface area (Å²) in [6.07, 6.45) is 9.64. The van der Waals surface area contributed by atoms with Crippen LogP contribution in [0.5, 0.6) is 0 Å². The number of hydrogen-bond donors (Lipinski definition) is 1. The van der Waals surface area contributed by atoms with Crippen molar-refractivity contribution < 1.29 is 19.4 Å². The molecule has 0 saturated heterocycles. The summed E-state index contributed by atoms with van der Waals surface area (Å²) in [5.74, 6) is -0.125. The minimum atomic E-state index is -1.02. The number of pyridine rings is 2. The predicted octanol–water partition coefficient (Wildman–Crippen LogP) is 7.09. The van der Waals surface area contributed by atoms with Gasteiger partial charge in [-0.15, -0.1) is 6.58 Å². The highest BCUT2D eigenvalue weighted by atomic mass is 35.5. The Bertz CT molecular complexity index is 1490. The summed E-state index contributed by atoms with van der Waals surface area (Å²) in [6.45, 7) is 13.8. The van der Waals surface area contributed by atoms with Gasteiger partial charge in [0.2, 0.25) is 0 Å². The van der Waals surface area contributed by atoms with Gasteiger partial charge in [-0.2, -0.15) is 0 Å². The van der Waals surface area contributed by atoms with Crippen LogP contribution in [0, 0.1) is 0 Å². The Morgan fingerprint density at radius 3 is 2.31 bits per heavy atom. The highest BCUT2D eigenvalue weighted by Gasteiger charge is 2.48. The van der Waals surface area contributed by atoms with E-state index in [1.54, 1.807) is 50.5 Å². The van der Waals surface area contributed by atoms with Gasteiger partial charge in [-0.25, -0.2) is 9.78 Å². The van der Waals surface area contributed by atoms with Gasteiger partial charge in [0.05, 0.1) is 5.60 Å². The molecule has 0 radical (unpaired) electrons. The molecule has 0 bridgehead atoms. The third-order valence-electron chi connectivity index (χ3n) is 8.11. The van der Waals surface area contributed by atoms with Gasteiger partial charge in [0.15, 0.2) is 0 Å². The lowest BCUT2D eigenvalue weighted by Gasteiger charge is -2.36. The van der Waals surface area contributed by atoms with Gasteiger partial charge in [0.25, 0.3) is 5.91 Å². The summed E-state index contributed by atoms with van der Waals surface area (Å²) in [6, 6.07) is 13.0. The SMILES string of the molecule is C=CCC(Cc1ccc(C(=O)N(C)Cc2cncc(C(C)(C)O)c2)cc1)N(CC1(c2ccc(Cl)nc2)CC1)C(=O)OC(C)(C)C. The molecule has 240 valence electrons. The summed E-state index contributed by atoms with van der Waals surface area (Å²) >= 11 is 6.06. The summed E-state index contributed by atoms with van der Waals surface area (Å²) in [5.41, 5.74) is 2.28. The second-order valence-electron chi connectivity index (χ2n) is 13.6. The molecule has 2 amide bonds. The maximum Gasteiger partial charge on any atom is 0.410 e. The van der Waals surface area contributed by atoms with E-state index < -0.39 is 11.2 Å². The first kappa shape index (κ1) is 34.1. The molecular formula is C36H45ClN4O4. The van der Waals surface area contributed by atoms with Crippen LogP contribution in [-0.4, -0.2) is 62.1 Å². The minimum absolute atomic E-state index is 0.125. The van der Waals surface area contributed by atoms with E-state index in [4.69, 9.17) is 16.3 Å². The first-order valence-electron chi connectivity index (χ1n) is 15.3. The van der Waals surface area contributed by atoms with E-state index in [9.17, 15) is 14.7 Å². The molecule has 0 spiro atoms. The van der Waals surface area contributed by atoms with Crippen molar-refractivity contribution in [2.75, 3.05) is 13.6 Å². The summed E-state index contributed by atoms with van der Waals surface area (Å²) in [5, 5.41) is 10.8. The van der Waals surface area contributed by atoms with Crippen molar-refractivity contribution in [2.45, 2.75) is 89.5 Å². The van der Waals surface area contributed by atoms with Crippen LogP contribution < -0.4 is 0 Å². The second kappa shape index (κ2) is 13.7. The topological polar surface area (TPSA) is 95.9 Å². The average Bonchev–Trinajstić information content (AvgIpc) is 3.75. The molecule has 1 aliphatic carbocycles. The third-order valence-corrected chi connectivity index (χ3v) is 8.34. The number of halogens is 1. The second-order valence-corrected chi connectivity index (χ2v) is 14.0. The standard InChI is InChI=1S/C36H45ClN4O4/c1-8-9-30(41(33(43)45-34(2,3)4)24-36(16-17-36)28-14-15-31(37)39-22-28)19-25-10-12-27(13-11-25)32(42)40(7)23-26-18-29(21-38-20-26)35(5,6)44/h8,10-15,18,20-22,30,44H,1,9,16-17,19,23-24H2,2-7H3. The van der Waals surface area contributed by atoms with Gasteiger partial charge in [-0.3, -0.25) is 9.78 Å². The number of nitrogens with zero attached hydrogens (tertiary/aromatic N) is 4. The van der Waals surface area contributed by atoms with E-state index in [2.05, 4.69) is 16.5 Å². The molecular weight excluding hydrogens is 588 g/mol. The molecule has 1 unspecified atom stereocenters. The number of ether oxygens (including phenoxy) is 1. The highest BCUT2D eigenvalue weighted by molar-refractivity contribution is 6.29. The largest absolute Gasteiger partial charge is 0.444 e. The molecule has 0 aliphatic heterocycles. The molecule has 1 aliphatic rings. The van der Waals surface area contributed by atoms with Crippen LogP contribution in [0.15, 0.2) is 73.7 Å². The van der Waals surface area contributed by atoms with Crippen LogP contribution in [0.3, 0.4) is 0 Å². The molecule has 3 aromatic rings. The van der Waals surface area contributed by atoms with Crippen molar-refractivity contribution in [3.8, 4) is 0 Å². The first-order chi connectivity index (χ1) is 21.1. The number of aliphatic hydroxyl groups is 1. The monoisotopic (exact) mass is 632 g/mol. The summed E-state index contributed by atoms with van der Waals surface area (Å²) in [4.78, 5) is 38.9. The minimum Gasteiger partial charge on any atom is -0.444 e. The van der Waals surface area contributed by atoms with E-state index >= 15 is 0 Å². The van der Waals surface area contributed by atoms with Crippen molar-refractivity contribution in [2.24, 2.45) is 0 Å². The Hall–Kier alpha value is -3.75. The van der Waals surface area contributed by atoms with Gasteiger partial charge in [-0.1, -0.05) is 35.9 Å². The Morgan fingerprint density at radius 2 is 1.76 bits per heavy atom. The van der Waals surface area contributed by atoms with Gasteiger partial charge in [-0.05, 0) is 101 Å². The van der Waals surface area contributed by atoms with Gasteiger partial charge >= 0.3 is 6.09 Å². The molecule has 8 nitrogen and oxygen atoms in total. The van der Waals surface area contributed by atoms with Crippen LogP contribution in [0.25, 0.3) is 0 Å². The van der Waals surface area contributed by atoms with Gasteiger partial charge in [0.1, 0.15) is 10.8 Å². The van der Waals surface area contributed by atoms with E-state index in [1.165, 1.54) is 0 Å². The normalized spacial score (nSPS) is 14.8. The Balaban J connectivity index is 1.51. The fourth-order valence-corrected chi connectivity index (χ4v) is 5.52. The quantitative estimate of drug-likeness (QED) is 0.169. The third kappa shape index (κ3) is 9.14. The zero-order valence-corrected chi connectivity index (χ0v) is 28.0. The molecule has 45 heavy (non-hydrogen) atoms. The van der Waals surface area contributed by atoms with Crippen molar-refractivity contribution in [1.29, 1.82) is 0 Å². The van der Waals surface area contributed by atoms with E-state index in [0.717, 1.165) is 29.5 Å². The van der Waals surface area contributed by atoms with Crippen molar-refractivity contribution >= 4 is 23.6 Å². The van der Waals surface area contributed by atoms with Crippen LogP contribution in [-0.2, 0) is 28.7 Å². The van der Waals surface area contributed by atoms with Crippen LogP contribution in [0.2, 0.25) is 5.15 Å². The van der Waals surface area contributed by atoms with Crippen molar-refractivity contribution in [3.63, 3.8) is 0 Å². The fourth-order valence-electron chi connectivity index (χ4n) is 5.41. The smallest absolute Gasteiger partial charge is 0.410 e. The zero-order valence-electron chi connectivity index (χ0n) is 27.2. The number of hydrogen-bond acceptors (Lipinski definition) is 6. The lowest BCUT2D eigenvalue weighted by atomic mass is 9.94. The summed E-state index contributed by atoms with van der Waals surface area (Å²) in [7, 11) is 1.75. The number of amides is 2. The molecule has 4 rings (SSSR count). The predicted molar refractivity (Wildman–Crippen MR) is 177 cm³/mol. The number of carbonyl (C=O) groups is 2.